The van der Waals surface area contributed by atoms with E-state index in [-0.39, 0.29) is 24.8 Å². The highest BCUT2D eigenvalue weighted by molar-refractivity contribution is 5.85. The zero-order chi connectivity index (χ0) is 11.2. The van der Waals surface area contributed by atoms with Gasteiger partial charge in [-0.25, -0.2) is 0 Å². The summed E-state index contributed by atoms with van der Waals surface area (Å²) in [5.41, 5.74) is 8.75. The monoisotopic (exact) mass is 285 g/mol. The number of pyridine rings is 1. The topological polar surface area (TPSA) is 50.9 Å². The molecule has 0 atom stereocenters. The summed E-state index contributed by atoms with van der Waals surface area (Å²) in [5.74, 6) is 0. The van der Waals surface area contributed by atoms with Crippen LogP contribution in [0, 0.1) is 0 Å². The maximum absolute atomic E-state index is 5.80. The third-order valence-electron chi connectivity index (χ3n) is 2.43. The molecule has 1 aromatic heterocycles. The van der Waals surface area contributed by atoms with Gasteiger partial charge in [-0.05, 0) is 18.1 Å². The molecule has 5 heteroatoms. The molecule has 18 heavy (non-hydrogen) atoms. The summed E-state index contributed by atoms with van der Waals surface area (Å²) in [6, 6.07) is 12.2. The molecule has 0 spiro atoms. The van der Waals surface area contributed by atoms with Crippen molar-refractivity contribution >= 4 is 36.2 Å². The number of aromatic nitrogens is 1. The van der Waals surface area contributed by atoms with Crippen LogP contribution in [-0.2, 0) is 6.42 Å². The van der Waals surface area contributed by atoms with Crippen LogP contribution in [0.5, 0.6) is 0 Å². The Morgan fingerprint density at radius 1 is 1.06 bits per heavy atom. The molecule has 3 N–H and O–H groups in total. The van der Waals surface area contributed by atoms with Crippen LogP contribution in [0.2, 0.25) is 0 Å². The highest BCUT2D eigenvalue weighted by Gasteiger charge is 1.97. The van der Waals surface area contributed by atoms with Gasteiger partial charge in [0.25, 0.3) is 0 Å². The van der Waals surface area contributed by atoms with E-state index in [4.69, 9.17) is 5.73 Å². The van der Waals surface area contributed by atoms with Crippen LogP contribution in [0.4, 0.5) is 11.4 Å². The molecule has 0 radical (unpaired) electrons. The van der Waals surface area contributed by atoms with Gasteiger partial charge in [0.05, 0.1) is 17.6 Å². The molecule has 2 rings (SSSR count). The maximum Gasteiger partial charge on any atom is 0.0760 e. The molecular weight excluding hydrogens is 269 g/mol. The smallest absolute Gasteiger partial charge is 0.0760 e. The van der Waals surface area contributed by atoms with Crippen molar-refractivity contribution in [2.45, 2.75) is 6.42 Å². The fourth-order valence-corrected chi connectivity index (χ4v) is 1.54. The zero-order valence-electron chi connectivity index (χ0n) is 9.87. The Bertz CT molecular complexity index is 449. The minimum absolute atomic E-state index is 0. The van der Waals surface area contributed by atoms with E-state index in [0.717, 1.165) is 24.3 Å². The van der Waals surface area contributed by atoms with Gasteiger partial charge in [-0.3, -0.25) is 4.98 Å². The van der Waals surface area contributed by atoms with Gasteiger partial charge in [0.2, 0.25) is 0 Å². The van der Waals surface area contributed by atoms with Crippen LogP contribution in [0.3, 0.4) is 0 Å². The minimum Gasteiger partial charge on any atom is -0.397 e. The predicted molar refractivity (Wildman–Crippen MR) is 81.8 cm³/mol. The first-order valence-electron chi connectivity index (χ1n) is 5.33. The first kappa shape index (κ1) is 16.6. The standard InChI is InChI=1S/C13H15N3.2ClH/c14-12-7-8-15-10-13(12)16-9-6-11-4-2-1-3-5-11;;/h1-5,7-8,10,16H,6,9H2,(H2,14,15);2*1H. The third kappa shape index (κ3) is 4.82. The first-order valence-corrected chi connectivity index (χ1v) is 5.33. The Morgan fingerprint density at radius 2 is 1.78 bits per heavy atom. The number of nitrogen functional groups attached to an aromatic ring is 1. The molecular formula is C13H17Cl2N3. The second-order valence-electron chi connectivity index (χ2n) is 3.63. The number of hydrogen-bond donors (Lipinski definition) is 2. The molecule has 1 heterocycles. The number of hydrogen-bond acceptors (Lipinski definition) is 3. The normalized spacial score (nSPS) is 8.89. The van der Waals surface area contributed by atoms with Crippen molar-refractivity contribution in [1.82, 2.24) is 4.98 Å². The average Bonchev–Trinajstić information content (AvgIpc) is 2.33. The van der Waals surface area contributed by atoms with Crippen LogP contribution in [-0.4, -0.2) is 11.5 Å². The van der Waals surface area contributed by atoms with Gasteiger partial charge in [0.15, 0.2) is 0 Å². The fraction of sp³-hybridized carbons (Fsp3) is 0.154. The van der Waals surface area contributed by atoms with Crippen LogP contribution < -0.4 is 11.1 Å². The lowest BCUT2D eigenvalue weighted by Crippen LogP contribution is -2.06. The number of halogens is 2. The molecule has 0 saturated heterocycles. The molecule has 0 saturated carbocycles. The van der Waals surface area contributed by atoms with Crippen LogP contribution in [0.15, 0.2) is 48.8 Å². The van der Waals surface area contributed by atoms with Crippen molar-refractivity contribution in [3.8, 4) is 0 Å². The minimum atomic E-state index is 0. The molecule has 0 aliphatic heterocycles. The Hall–Kier alpha value is -1.45. The molecule has 0 unspecified atom stereocenters. The lowest BCUT2D eigenvalue weighted by atomic mass is 10.1. The first-order chi connectivity index (χ1) is 7.86. The lowest BCUT2D eigenvalue weighted by Gasteiger charge is -2.08. The summed E-state index contributed by atoms with van der Waals surface area (Å²) in [6.07, 6.45) is 4.42. The zero-order valence-corrected chi connectivity index (χ0v) is 11.5. The maximum atomic E-state index is 5.80. The molecule has 0 bridgehead atoms. The fourth-order valence-electron chi connectivity index (χ4n) is 1.54. The summed E-state index contributed by atoms with van der Waals surface area (Å²) in [4.78, 5) is 4.03. The number of nitrogens with two attached hydrogens (primary N) is 1. The van der Waals surface area contributed by atoms with Gasteiger partial charge in [0.1, 0.15) is 0 Å². The number of nitrogens with zero attached hydrogens (tertiary/aromatic N) is 1. The summed E-state index contributed by atoms with van der Waals surface area (Å²) < 4.78 is 0. The highest BCUT2D eigenvalue weighted by atomic mass is 35.5. The Balaban J connectivity index is 0.00000144. The number of anilines is 2. The third-order valence-corrected chi connectivity index (χ3v) is 2.43. The average molecular weight is 286 g/mol. The van der Waals surface area contributed by atoms with E-state index in [2.05, 4.69) is 22.4 Å². The summed E-state index contributed by atoms with van der Waals surface area (Å²) in [5, 5.41) is 3.27. The second-order valence-corrected chi connectivity index (χ2v) is 3.63. The van der Waals surface area contributed by atoms with Gasteiger partial charge in [-0.2, -0.15) is 0 Å². The van der Waals surface area contributed by atoms with Gasteiger partial charge >= 0.3 is 0 Å². The van der Waals surface area contributed by atoms with Crippen molar-refractivity contribution in [2.24, 2.45) is 0 Å². The summed E-state index contributed by atoms with van der Waals surface area (Å²) >= 11 is 0. The molecule has 98 valence electrons. The van der Waals surface area contributed by atoms with E-state index in [1.807, 2.05) is 18.2 Å². The van der Waals surface area contributed by atoms with E-state index < -0.39 is 0 Å². The lowest BCUT2D eigenvalue weighted by molar-refractivity contribution is 1.02. The van der Waals surface area contributed by atoms with Crippen LogP contribution in [0.25, 0.3) is 0 Å². The summed E-state index contributed by atoms with van der Waals surface area (Å²) in [6.45, 7) is 0.861. The Kier molecular flexibility index (Phi) is 7.92. The van der Waals surface area contributed by atoms with Gasteiger partial charge in [0, 0.05) is 12.7 Å². The van der Waals surface area contributed by atoms with Crippen molar-refractivity contribution in [3.63, 3.8) is 0 Å². The van der Waals surface area contributed by atoms with Gasteiger partial charge in [-0.1, -0.05) is 30.3 Å². The van der Waals surface area contributed by atoms with Crippen molar-refractivity contribution in [1.29, 1.82) is 0 Å². The number of rotatable bonds is 4. The van der Waals surface area contributed by atoms with E-state index in [0.29, 0.717) is 0 Å². The largest absolute Gasteiger partial charge is 0.397 e. The molecule has 0 amide bonds. The Morgan fingerprint density at radius 3 is 2.44 bits per heavy atom. The van der Waals surface area contributed by atoms with Crippen molar-refractivity contribution in [2.75, 3.05) is 17.6 Å². The van der Waals surface area contributed by atoms with E-state index >= 15 is 0 Å². The molecule has 0 aliphatic carbocycles. The van der Waals surface area contributed by atoms with Crippen molar-refractivity contribution < 1.29 is 0 Å². The van der Waals surface area contributed by atoms with E-state index in [1.54, 1.807) is 18.5 Å². The number of nitrogens with one attached hydrogen (secondary N) is 1. The number of benzene rings is 1. The van der Waals surface area contributed by atoms with Gasteiger partial charge in [-0.15, -0.1) is 24.8 Å². The van der Waals surface area contributed by atoms with Crippen LogP contribution in [0.1, 0.15) is 5.56 Å². The van der Waals surface area contributed by atoms with Gasteiger partial charge < -0.3 is 11.1 Å². The highest BCUT2D eigenvalue weighted by Crippen LogP contribution is 2.14. The molecule has 0 aliphatic rings. The molecule has 2 aromatic rings. The SMILES string of the molecule is Cl.Cl.Nc1ccncc1NCCc1ccccc1. The Labute approximate surface area is 120 Å². The van der Waals surface area contributed by atoms with Crippen LogP contribution >= 0.6 is 24.8 Å². The quantitative estimate of drug-likeness (QED) is 0.907. The van der Waals surface area contributed by atoms with E-state index in [1.165, 1.54) is 5.56 Å². The summed E-state index contributed by atoms with van der Waals surface area (Å²) in [7, 11) is 0. The van der Waals surface area contributed by atoms with Crippen molar-refractivity contribution in [3.05, 3.63) is 54.4 Å². The molecule has 1 aromatic carbocycles. The molecule has 3 nitrogen and oxygen atoms in total. The second kappa shape index (κ2) is 8.61. The molecule has 0 fully saturated rings. The van der Waals surface area contributed by atoms with E-state index in [9.17, 15) is 0 Å². The predicted octanol–water partition coefficient (Wildman–Crippen LogP) is 3.16.